The Balaban J connectivity index is 1.56. The molecule has 0 unspecified atom stereocenters. The van der Waals surface area contributed by atoms with Gasteiger partial charge < -0.3 is 10.1 Å². The zero-order chi connectivity index (χ0) is 19.5. The molecule has 0 spiro atoms. The zero-order valence-electron chi connectivity index (χ0n) is 15.1. The van der Waals surface area contributed by atoms with Crippen LogP contribution in [-0.2, 0) is 11.3 Å². The minimum atomic E-state index is -0.474. The number of hydrogen-bond donors (Lipinski definition) is 1. The summed E-state index contributed by atoms with van der Waals surface area (Å²) in [7, 11) is 1.57. The van der Waals surface area contributed by atoms with Crippen molar-refractivity contribution in [1.29, 1.82) is 0 Å². The van der Waals surface area contributed by atoms with Crippen molar-refractivity contribution < 1.29 is 9.53 Å². The van der Waals surface area contributed by atoms with Gasteiger partial charge in [0.25, 0.3) is 0 Å². The second-order valence-corrected chi connectivity index (χ2v) is 6.07. The smallest absolute Gasteiger partial charge is 0.367 e. The number of rotatable bonds is 5. The number of anilines is 1. The second kappa shape index (κ2) is 7.36. The Labute approximate surface area is 160 Å². The van der Waals surface area contributed by atoms with Crippen LogP contribution in [0.1, 0.15) is 0 Å². The molecule has 0 bridgehead atoms. The van der Waals surface area contributed by atoms with Crippen molar-refractivity contribution in [3.05, 3.63) is 77.2 Å². The monoisotopic (exact) mass is 375 g/mol. The van der Waals surface area contributed by atoms with Crippen molar-refractivity contribution in [3.63, 3.8) is 0 Å². The molecule has 1 N–H and O–H groups in total. The molecule has 0 aliphatic heterocycles. The van der Waals surface area contributed by atoms with Crippen LogP contribution >= 0.6 is 0 Å². The molecule has 2 aromatic heterocycles. The molecule has 0 saturated heterocycles. The van der Waals surface area contributed by atoms with Gasteiger partial charge in [-0.2, -0.15) is 9.61 Å². The van der Waals surface area contributed by atoms with Crippen molar-refractivity contribution in [2.45, 2.75) is 6.54 Å². The van der Waals surface area contributed by atoms with Gasteiger partial charge in [0.1, 0.15) is 12.3 Å². The summed E-state index contributed by atoms with van der Waals surface area (Å²) in [6, 6.07) is 19.9. The molecule has 28 heavy (non-hydrogen) atoms. The molecule has 0 radical (unpaired) electrons. The van der Waals surface area contributed by atoms with E-state index in [0.717, 1.165) is 10.2 Å². The van der Waals surface area contributed by atoms with Gasteiger partial charge in [-0.05, 0) is 36.4 Å². The summed E-state index contributed by atoms with van der Waals surface area (Å²) in [5.41, 5.74) is 2.05. The fourth-order valence-corrected chi connectivity index (χ4v) is 2.79. The lowest BCUT2D eigenvalue weighted by Crippen LogP contribution is -2.28. The van der Waals surface area contributed by atoms with Crippen LogP contribution in [0, 0.1) is 0 Å². The van der Waals surface area contributed by atoms with Gasteiger partial charge in [-0.15, -0.1) is 5.10 Å². The minimum Gasteiger partial charge on any atom is -0.497 e. The number of methoxy groups -OCH3 is 1. The molecule has 8 heteroatoms. The number of aromatic nitrogens is 4. The first kappa shape index (κ1) is 17.5. The maximum Gasteiger partial charge on any atom is 0.367 e. The average Bonchev–Trinajstić information content (AvgIpc) is 3.04. The van der Waals surface area contributed by atoms with Gasteiger partial charge in [0.05, 0.1) is 12.8 Å². The van der Waals surface area contributed by atoms with Crippen LogP contribution in [0.15, 0.2) is 71.5 Å². The first-order valence-corrected chi connectivity index (χ1v) is 8.60. The molecule has 0 fully saturated rings. The Morgan fingerprint density at radius 2 is 1.75 bits per heavy atom. The predicted molar refractivity (Wildman–Crippen MR) is 104 cm³/mol. The quantitative estimate of drug-likeness (QED) is 0.578. The fourth-order valence-electron chi connectivity index (χ4n) is 2.79. The number of amides is 1. The average molecular weight is 375 g/mol. The van der Waals surface area contributed by atoms with Crippen LogP contribution in [0.2, 0.25) is 0 Å². The molecule has 0 aliphatic carbocycles. The summed E-state index contributed by atoms with van der Waals surface area (Å²) in [6.07, 6.45) is 0. The fraction of sp³-hybridized carbons (Fsp3) is 0.100. The largest absolute Gasteiger partial charge is 0.497 e. The lowest BCUT2D eigenvalue weighted by atomic mass is 10.1. The highest BCUT2D eigenvalue weighted by molar-refractivity contribution is 5.90. The number of carbonyl (C=O) groups is 1. The van der Waals surface area contributed by atoms with E-state index in [-0.39, 0.29) is 12.5 Å². The third-order valence-electron chi connectivity index (χ3n) is 4.18. The third kappa shape index (κ3) is 3.48. The van der Waals surface area contributed by atoms with Crippen molar-refractivity contribution in [2.24, 2.45) is 0 Å². The number of benzene rings is 2. The van der Waals surface area contributed by atoms with E-state index in [1.165, 1.54) is 4.52 Å². The van der Waals surface area contributed by atoms with E-state index in [4.69, 9.17) is 4.74 Å². The van der Waals surface area contributed by atoms with Gasteiger partial charge in [0.15, 0.2) is 5.65 Å². The zero-order valence-corrected chi connectivity index (χ0v) is 15.1. The molecule has 1 amide bonds. The summed E-state index contributed by atoms with van der Waals surface area (Å²) in [5.74, 6) is 0.328. The Hall–Kier alpha value is -3.94. The van der Waals surface area contributed by atoms with Crippen molar-refractivity contribution in [2.75, 3.05) is 12.4 Å². The molecule has 0 aliphatic rings. The third-order valence-corrected chi connectivity index (χ3v) is 4.18. The van der Waals surface area contributed by atoms with E-state index in [1.54, 1.807) is 43.5 Å². The van der Waals surface area contributed by atoms with Gasteiger partial charge in [-0.25, -0.2) is 9.48 Å². The van der Waals surface area contributed by atoms with Crippen molar-refractivity contribution in [1.82, 2.24) is 19.4 Å². The van der Waals surface area contributed by atoms with Gasteiger partial charge in [0, 0.05) is 11.3 Å². The molecule has 0 saturated carbocycles. The minimum absolute atomic E-state index is 0.213. The van der Waals surface area contributed by atoms with Crippen molar-refractivity contribution in [3.8, 4) is 17.0 Å². The summed E-state index contributed by atoms with van der Waals surface area (Å²) in [6.45, 7) is -0.213. The molecular weight excluding hydrogens is 358 g/mol. The second-order valence-electron chi connectivity index (χ2n) is 6.07. The lowest BCUT2D eigenvalue weighted by Gasteiger charge is -2.05. The SMILES string of the molecule is COc1ccc(NC(=O)Cn2nc3ccc(-c4ccccc4)nn3c2=O)cc1. The van der Waals surface area contributed by atoms with Crippen LogP contribution in [-0.4, -0.2) is 32.4 Å². The van der Waals surface area contributed by atoms with Crippen LogP contribution < -0.4 is 15.7 Å². The van der Waals surface area contributed by atoms with Gasteiger partial charge in [-0.1, -0.05) is 30.3 Å². The van der Waals surface area contributed by atoms with Crippen LogP contribution in [0.25, 0.3) is 16.9 Å². The predicted octanol–water partition coefficient (Wildman–Crippen LogP) is 2.21. The lowest BCUT2D eigenvalue weighted by molar-refractivity contribution is -0.117. The highest BCUT2D eigenvalue weighted by Gasteiger charge is 2.13. The Morgan fingerprint density at radius 1 is 1.00 bits per heavy atom. The summed E-state index contributed by atoms with van der Waals surface area (Å²) >= 11 is 0. The van der Waals surface area contributed by atoms with Gasteiger partial charge >= 0.3 is 5.69 Å². The maximum absolute atomic E-state index is 12.6. The van der Waals surface area contributed by atoms with E-state index < -0.39 is 5.69 Å². The van der Waals surface area contributed by atoms with Crippen LogP contribution in [0.3, 0.4) is 0 Å². The van der Waals surface area contributed by atoms with Gasteiger partial charge in [0.2, 0.25) is 5.91 Å². The van der Waals surface area contributed by atoms with Crippen LogP contribution in [0.4, 0.5) is 5.69 Å². The normalized spacial score (nSPS) is 10.8. The topological polar surface area (TPSA) is 90.5 Å². The highest BCUT2D eigenvalue weighted by Crippen LogP contribution is 2.16. The first-order valence-electron chi connectivity index (χ1n) is 8.60. The molecule has 2 heterocycles. The molecule has 8 nitrogen and oxygen atoms in total. The summed E-state index contributed by atoms with van der Waals surface area (Å²) in [5, 5.41) is 11.3. The standard InChI is InChI=1S/C20H17N5O3/c1-28-16-9-7-15(8-10-16)21-19(26)13-24-20(27)25-18(23-24)12-11-17(22-25)14-5-3-2-4-6-14/h2-12H,13H2,1H3,(H,21,26). The molecular formula is C20H17N5O3. The molecule has 140 valence electrons. The molecule has 4 rings (SSSR count). The summed E-state index contributed by atoms with van der Waals surface area (Å²) < 4.78 is 7.37. The number of carbonyl (C=O) groups excluding carboxylic acids is 1. The highest BCUT2D eigenvalue weighted by atomic mass is 16.5. The number of nitrogens with one attached hydrogen (secondary N) is 1. The van der Waals surface area contributed by atoms with E-state index in [2.05, 4.69) is 15.5 Å². The number of fused-ring (bicyclic) bond motifs is 1. The van der Waals surface area contributed by atoms with E-state index in [0.29, 0.717) is 22.8 Å². The van der Waals surface area contributed by atoms with E-state index in [1.807, 2.05) is 30.3 Å². The number of ether oxygens (including phenoxy) is 1. The van der Waals surface area contributed by atoms with Crippen molar-refractivity contribution >= 4 is 17.2 Å². The Bertz CT molecular complexity index is 1180. The van der Waals surface area contributed by atoms with E-state index in [9.17, 15) is 9.59 Å². The molecule has 4 aromatic rings. The first-order chi connectivity index (χ1) is 13.6. The summed E-state index contributed by atoms with van der Waals surface area (Å²) in [4.78, 5) is 24.9. The maximum atomic E-state index is 12.6. The van der Waals surface area contributed by atoms with Crippen LogP contribution in [0.5, 0.6) is 5.75 Å². The molecule has 0 atom stereocenters. The number of hydrogen-bond acceptors (Lipinski definition) is 5. The Kier molecular flexibility index (Phi) is 4.59. The number of nitrogens with zero attached hydrogens (tertiary/aromatic N) is 4. The van der Waals surface area contributed by atoms with Gasteiger partial charge in [-0.3, -0.25) is 4.79 Å². The Morgan fingerprint density at radius 3 is 2.46 bits per heavy atom. The van der Waals surface area contributed by atoms with E-state index >= 15 is 0 Å². The molecule has 2 aromatic carbocycles.